The smallest absolute Gasteiger partial charge is 0.240 e. The molecule has 0 radical (unpaired) electrons. The van der Waals surface area contributed by atoms with Gasteiger partial charge in [-0.15, -0.1) is 10.2 Å². The first-order valence-electron chi connectivity index (χ1n) is 6.72. The standard InChI is InChI=1S/C14H16Cl2N4OS/c1-3-13-18-19-14(22-13)17-12(21)8-20(2)7-9-4-5-10(15)11(16)6-9/h4-6H,3,7-8H2,1-2H3,(H,17,19,21). The normalized spacial score (nSPS) is 11.0. The molecule has 1 aromatic carbocycles. The summed E-state index contributed by atoms with van der Waals surface area (Å²) in [5.74, 6) is -0.124. The lowest BCUT2D eigenvalue weighted by Crippen LogP contribution is -2.29. The fourth-order valence-corrected chi connectivity index (χ4v) is 2.87. The molecule has 0 aliphatic rings. The van der Waals surface area contributed by atoms with Crippen molar-refractivity contribution in [2.24, 2.45) is 0 Å². The second kappa shape index (κ2) is 7.87. The Hall–Kier alpha value is -1.21. The van der Waals surface area contributed by atoms with E-state index in [0.717, 1.165) is 17.0 Å². The summed E-state index contributed by atoms with van der Waals surface area (Å²) in [5, 5.41) is 13.1. The van der Waals surface area contributed by atoms with Crippen LogP contribution in [-0.2, 0) is 17.8 Å². The van der Waals surface area contributed by atoms with Gasteiger partial charge in [0, 0.05) is 6.54 Å². The Kier molecular flexibility index (Phi) is 6.14. The van der Waals surface area contributed by atoms with Crippen LogP contribution in [0.1, 0.15) is 17.5 Å². The molecule has 118 valence electrons. The van der Waals surface area contributed by atoms with Crippen LogP contribution in [0, 0.1) is 0 Å². The van der Waals surface area contributed by atoms with Crippen LogP contribution in [0.4, 0.5) is 5.13 Å². The van der Waals surface area contributed by atoms with Crippen LogP contribution in [-0.4, -0.2) is 34.6 Å². The molecule has 2 rings (SSSR count). The third-order valence-electron chi connectivity index (χ3n) is 2.87. The minimum absolute atomic E-state index is 0.124. The van der Waals surface area contributed by atoms with Crippen LogP contribution < -0.4 is 5.32 Å². The number of nitrogens with one attached hydrogen (secondary N) is 1. The number of halogens is 2. The molecule has 0 unspecified atom stereocenters. The number of amides is 1. The molecular weight excluding hydrogens is 343 g/mol. The van der Waals surface area contributed by atoms with Crippen molar-refractivity contribution in [2.45, 2.75) is 19.9 Å². The SMILES string of the molecule is CCc1nnc(NC(=O)CN(C)Cc2ccc(Cl)c(Cl)c2)s1. The molecule has 0 saturated carbocycles. The fourth-order valence-electron chi connectivity index (χ4n) is 1.86. The van der Waals surface area contributed by atoms with E-state index in [0.29, 0.717) is 21.7 Å². The Labute approximate surface area is 143 Å². The molecule has 0 saturated heterocycles. The minimum Gasteiger partial charge on any atom is -0.299 e. The van der Waals surface area contributed by atoms with Gasteiger partial charge in [-0.25, -0.2) is 0 Å². The van der Waals surface area contributed by atoms with E-state index < -0.39 is 0 Å². The van der Waals surface area contributed by atoms with E-state index in [4.69, 9.17) is 23.2 Å². The summed E-state index contributed by atoms with van der Waals surface area (Å²) in [7, 11) is 1.86. The predicted molar refractivity (Wildman–Crippen MR) is 90.7 cm³/mol. The van der Waals surface area contributed by atoms with E-state index in [1.165, 1.54) is 11.3 Å². The number of nitrogens with zero attached hydrogens (tertiary/aromatic N) is 3. The van der Waals surface area contributed by atoms with Gasteiger partial charge in [-0.1, -0.05) is 47.5 Å². The molecule has 0 atom stereocenters. The van der Waals surface area contributed by atoms with Crippen molar-refractivity contribution in [3.8, 4) is 0 Å². The highest BCUT2D eigenvalue weighted by atomic mass is 35.5. The van der Waals surface area contributed by atoms with Gasteiger partial charge in [-0.05, 0) is 31.2 Å². The van der Waals surface area contributed by atoms with E-state index >= 15 is 0 Å². The average Bonchev–Trinajstić information content (AvgIpc) is 2.90. The second-order valence-electron chi connectivity index (χ2n) is 4.82. The third kappa shape index (κ3) is 4.91. The molecule has 0 bridgehead atoms. The maximum atomic E-state index is 12.0. The first-order chi connectivity index (χ1) is 10.5. The molecule has 1 amide bonds. The number of likely N-dealkylation sites (N-methyl/N-ethyl adjacent to an activating group) is 1. The Bertz CT molecular complexity index is 662. The van der Waals surface area contributed by atoms with Crippen molar-refractivity contribution in [2.75, 3.05) is 18.9 Å². The summed E-state index contributed by atoms with van der Waals surface area (Å²) in [6.45, 7) is 2.85. The average molecular weight is 359 g/mol. The monoisotopic (exact) mass is 358 g/mol. The number of aryl methyl sites for hydroxylation is 1. The number of benzene rings is 1. The molecule has 0 fully saturated rings. The van der Waals surface area contributed by atoms with Crippen molar-refractivity contribution in [1.82, 2.24) is 15.1 Å². The topological polar surface area (TPSA) is 58.1 Å². The zero-order valence-corrected chi connectivity index (χ0v) is 14.6. The van der Waals surface area contributed by atoms with Crippen LogP contribution in [0.15, 0.2) is 18.2 Å². The molecule has 1 heterocycles. The van der Waals surface area contributed by atoms with Crippen molar-refractivity contribution in [3.05, 3.63) is 38.8 Å². The highest BCUT2D eigenvalue weighted by Gasteiger charge is 2.11. The quantitative estimate of drug-likeness (QED) is 0.858. The number of anilines is 1. The van der Waals surface area contributed by atoms with Crippen molar-refractivity contribution >= 4 is 45.6 Å². The van der Waals surface area contributed by atoms with Gasteiger partial charge in [0.25, 0.3) is 0 Å². The molecule has 0 aliphatic carbocycles. The summed E-state index contributed by atoms with van der Waals surface area (Å²) >= 11 is 13.3. The fraction of sp³-hybridized carbons (Fsp3) is 0.357. The summed E-state index contributed by atoms with van der Waals surface area (Å²) in [6, 6.07) is 5.44. The summed E-state index contributed by atoms with van der Waals surface area (Å²) in [4.78, 5) is 13.9. The maximum Gasteiger partial charge on any atom is 0.240 e. The number of carbonyl (C=O) groups is 1. The minimum atomic E-state index is -0.124. The second-order valence-corrected chi connectivity index (χ2v) is 6.70. The lowest BCUT2D eigenvalue weighted by atomic mass is 10.2. The van der Waals surface area contributed by atoms with E-state index in [1.807, 2.05) is 24.9 Å². The van der Waals surface area contributed by atoms with E-state index in [-0.39, 0.29) is 12.5 Å². The number of hydrogen-bond donors (Lipinski definition) is 1. The van der Waals surface area contributed by atoms with E-state index in [2.05, 4.69) is 15.5 Å². The maximum absolute atomic E-state index is 12.0. The van der Waals surface area contributed by atoms with Gasteiger partial charge >= 0.3 is 0 Å². The molecule has 2 aromatic rings. The van der Waals surface area contributed by atoms with Crippen LogP contribution >= 0.6 is 34.5 Å². The zero-order chi connectivity index (χ0) is 16.1. The first-order valence-corrected chi connectivity index (χ1v) is 8.30. The largest absolute Gasteiger partial charge is 0.299 e. The van der Waals surface area contributed by atoms with Crippen molar-refractivity contribution in [3.63, 3.8) is 0 Å². The van der Waals surface area contributed by atoms with Crippen LogP contribution in [0.25, 0.3) is 0 Å². The lowest BCUT2D eigenvalue weighted by Gasteiger charge is -2.16. The van der Waals surface area contributed by atoms with Gasteiger partial charge in [0.05, 0.1) is 16.6 Å². The summed E-state index contributed by atoms with van der Waals surface area (Å²) in [6.07, 6.45) is 0.810. The first kappa shape index (κ1) is 17.1. The highest BCUT2D eigenvalue weighted by Crippen LogP contribution is 2.23. The van der Waals surface area contributed by atoms with Gasteiger partial charge < -0.3 is 0 Å². The van der Waals surface area contributed by atoms with Gasteiger partial charge in [-0.3, -0.25) is 15.0 Å². The van der Waals surface area contributed by atoms with Gasteiger partial charge in [0.1, 0.15) is 5.01 Å². The van der Waals surface area contributed by atoms with Crippen LogP contribution in [0.2, 0.25) is 10.0 Å². The number of rotatable bonds is 6. The Morgan fingerprint density at radius 2 is 2.09 bits per heavy atom. The molecule has 0 aliphatic heterocycles. The number of aromatic nitrogens is 2. The summed E-state index contributed by atoms with van der Waals surface area (Å²) in [5.41, 5.74) is 0.994. The molecular formula is C14H16Cl2N4OS. The Morgan fingerprint density at radius 3 is 2.73 bits per heavy atom. The molecule has 5 nitrogen and oxygen atoms in total. The molecule has 0 spiro atoms. The van der Waals surface area contributed by atoms with Crippen LogP contribution in [0.3, 0.4) is 0 Å². The zero-order valence-electron chi connectivity index (χ0n) is 12.3. The van der Waals surface area contributed by atoms with Gasteiger partial charge in [-0.2, -0.15) is 0 Å². The van der Waals surface area contributed by atoms with Gasteiger partial charge in [0.2, 0.25) is 11.0 Å². The molecule has 8 heteroatoms. The van der Waals surface area contributed by atoms with Crippen molar-refractivity contribution in [1.29, 1.82) is 0 Å². The van der Waals surface area contributed by atoms with Crippen molar-refractivity contribution < 1.29 is 4.79 Å². The van der Waals surface area contributed by atoms with Crippen LogP contribution in [0.5, 0.6) is 0 Å². The lowest BCUT2D eigenvalue weighted by molar-refractivity contribution is -0.117. The van der Waals surface area contributed by atoms with E-state index in [1.54, 1.807) is 12.1 Å². The van der Waals surface area contributed by atoms with E-state index in [9.17, 15) is 4.79 Å². The predicted octanol–water partition coefficient (Wildman–Crippen LogP) is 3.48. The number of hydrogen-bond acceptors (Lipinski definition) is 5. The third-order valence-corrected chi connectivity index (χ3v) is 4.59. The molecule has 22 heavy (non-hydrogen) atoms. The highest BCUT2D eigenvalue weighted by molar-refractivity contribution is 7.15. The van der Waals surface area contributed by atoms with Gasteiger partial charge in [0.15, 0.2) is 0 Å². The number of carbonyl (C=O) groups excluding carboxylic acids is 1. The molecule has 1 aromatic heterocycles. The Morgan fingerprint density at radius 1 is 1.32 bits per heavy atom. The summed E-state index contributed by atoms with van der Waals surface area (Å²) < 4.78 is 0. The molecule has 1 N–H and O–H groups in total. The Balaban J connectivity index is 1.86.